The number of aryl methyl sites for hydroxylation is 1. The molecular weight excluding hydrogens is 339 g/mol. The predicted molar refractivity (Wildman–Crippen MR) is 95.2 cm³/mol. The van der Waals surface area contributed by atoms with E-state index in [1.54, 1.807) is 12.1 Å². The predicted octanol–water partition coefficient (Wildman–Crippen LogP) is 5.00. The summed E-state index contributed by atoms with van der Waals surface area (Å²) < 4.78 is 19.0. The van der Waals surface area contributed by atoms with Crippen LogP contribution in [0.25, 0.3) is 11.4 Å². The van der Waals surface area contributed by atoms with Crippen LogP contribution in [0.2, 0.25) is 5.02 Å². The van der Waals surface area contributed by atoms with E-state index in [2.05, 4.69) is 4.98 Å². The molecule has 0 fully saturated rings. The molecule has 0 N–H and O–H groups in total. The summed E-state index contributed by atoms with van der Waals surface area (Å²) in [6.45, 7) is 0.351. The molecule has 0 unspecified atom stereocenters. The Morgan fingerprint density at radius 2 is 1.72 bits per heavy atom. The quantitative estimate of drug-likeness (QED) is 0.661. The molecule has 0 spiro atoms. The summed E-state index contributed by atoms with van der Waals surface area (Å²) in [6.07, 6.45) is 2.92. The van der Waals surface area contributed by atoms with Crippen molar-refractivity contribution < 1.29 is 9.13 Å². The average Bonchev–Trinajstić information content (AvgIpc) is 3.10. The summed E-state index contributed by atoms with van der Waals surface area (Å²) in [4.78, 5) is 9.32. The van der Waals surface area contributed by atoms with Crippen LogP contribution in [0.5, 0.6) is 5.88 Å². The molecule has 2 aromatic carbocycles. The smallest absolute Gasteiger partial charge is 0.220 e. The number of hydrogen-bond donors (Lipinski definition) is 0. The Kier molecular flexibility index (Phi) is 4.36. The highest BCUT2D eigenvalue weighted by Crippen LogP contribution is 2.31. The van der Waals surface area contributed by atoms with Crippen LogP contribution < -0.4 is 4.74 Å². The van der Waals surface area contributed by atoms with Crippen molar-refractivity contribution in [3.63, 3.8) is 0 Å². The van der Waals surface area contributed by atoms with Gasteiger partial charge in [0.1, 0.15) is 12.4 Å². The van der Waals surface area contributed by atoms with Crippen molar-refractivity contribution in [3.8, 4) is 17.3 Å². The molecule has 1 aliphatic carbocycles. The number of benzene rings is 2. The molecule has 0 amide bonds. The first-order valence-corrected chi connectivity index (χ1v) is 8.60. The van der Waals surface area contributed by atoms with Crippen molar-refractivity contribution in [2.75, 3.05) is 0 Å². The third-order valence-corrected chi connectivity index (χ3v) is 4.54. The van der Waals surface area contributed by atoms with Crippen molar-refractivity contribution in [2.24, 2.45) is 0 Å². The van der Waals surface area contributed by atoms with E-state index in [-0.39, 0.29) is 5.82 Å². The van der Waals surface area contributed by atoms with Crippen molar-refractivity contribution >= 4 is 11.6 Å². The summed E-state index contributed by atoms with van der Waals surface area (Å²) in [5.41, 5.74) is 3.94. The van der Waals surface area contributed by atoms with Gasteiger partial charge in [0.25, 0.3) is 0 Å². The van der Waals surface area contributed by atoms with Crippen LogP contribution in [0.4, 0.5) is 4.39 Å². The molecule has 1 heterocycles. The maximum atomic E-state index is 13.0. The summed E-state index contributed by atoms with van der Waals surface area (Å²) in [6, 6.07) is 13.8. The van der Waals surface area contributed by atoms with E-state index in [0.29, 0.717) is 23.3 Å². The fourth-order valence-electron chi connectivity index (χ4n) is 2.98. The minimum absolute atomic E-state index is 0.253. The van der Waals surface area contributed by atoms with Crippen LogP contribution in [0.15, 0.2) is 48.5 Å². The second-order valence-electron chi connectivity index (χ2n) is 6.05. The first-order chi connectivity index (χ1) is 12.2. The summed E-state index contributed by atoms with van der Waals surface area (Å²) >= 11 is 5.96. The molecule has 0 atom stereocenters. The Hall–Kier alpha value is -2.46. The van der Waals surface area contributed by atoms with Crippen LogP contribution >= 0.6 is 11.6 Å². The zero-order valence-corrected chi connectivity index (χ0v) is 14.3. The summed E-state index contributed by atoms with van der Waals surface area (Å²) in [5.74, 6) is 1.01. The molecule has 0 bridgehead atoms. The van der Waals surface area contributed by atoms with Crippen molar-refractivity contribution in [2.45, 2.75) is 25.9 Å². The Bertz CT molecular complexity index is 895. The average molecular weight is 355 g/mol. The minimum Gasteiger partial charge on any atom is -0.472 e. The van der Waals surface area contributed by atoms with E-state index >= 15 is 0 Å². The SMILES string of the molecule is Fc1ccc(COc2nc(-c3ccc(Cl)cc3)nc3c2CCC3)cc1. The summed E-state index contributed by atoms with van der Waals surface area (Å²) in [5, 5.41) is 0.678. The molecule has 3 nitrogen and oxygen atoms in total. The third kappa shape index (κ3) is 3.49. The van der Waals surface area contributed by atoms with Crippen LogP contribution in [-0.2, 0) is 19.4 Å². The van der Waals surface area contributed by atoms with E-state index in [0.717, 1.165) is 41.6 Å². The van der Waals surface area contributed by atoms with Crippen LogP contribution in [0, 0.1) is 5.82 Å². The van der Waals surface area contributed by atoms with E-state index in [1.807, 2.05) is 24.3 Å². The first kappa shape index (κ1) is 16.0. The lowest BCUT2D eigenvalue weighted by Crippen LogP contribution is -2.04. The molecule has 1 aliphatic rings. The Balaban J connectivity index is 1.64. The van der Waals surface area contributed by atoms with E-state index < -0.39 is 0 Å². The monoisotopic (exact) mass is 354 g/mol. The zero-order valence-electron chi connectivity index (χ0n) is 13.5. The molecule has 126 valence electrons. The summed E-state index contributed by atoms with van der Waals surface area (Å²) in [7, 11) is 0. The zero-order chi connectivity index (χ0) is 17.2. The lowest BCUT2D eigenvalue weighted by atomic mass is 10.2. The van der Waals surface area contributed by atoms with Gasteiger partial charge in [-0.15, -0.1) is 0 Å². The second kappa shape index (κ2) is 6.81. The highest BCUT2D eigenvalue weighted by molar-refractivity contribution is 6.30. The topological polar surface area (TPSA) is 35.0 Å². The molecule has 25 heavy (non-hydrogen) atoms. The van der Waals surface area contributed by atoms with Crippen LogP contribution in [0.1, 0.15) is 23.2 Å². The lowest BCUT2D eigenvalue weighted by Gasteiger charge is -2.12. The van der Waals surface area contributed by atoms with E-state index in [1.165, 1.54) is 12.1 Å². The van der Waals surface area contributed by atoms with Gasteiger partial charge >= 0.3 is 0 Å². The number of nitrogens with zero attached hydrogens (tertiary/aromatic N) is 2. The van der Waals surface area contributed by atoms with Gasteiger partial charge in [0.2, 0.25) is 5.88 Å². The van der Waals surface area contributed by atoms with Crippen molar-refractivity contribution in [1.29, 1.82) is 0 Å². The van der Waals surface area contributed by atoms with Gasteiger partial charge in [0.15, 0.2) is 5.82 Å². The Morgan fingerprint density at radius 1 is 0.960 bits per heavy atom. The molecule has 0 aliphatic heterocycles. The van der Waals surface area contributed by atoms with Gasteiger partial charge in [-0.1, -0.05) is 23.7 Å². The number of ether oxygens (including phenoxy) is 1. The largest absolute Gasteiger partial charge is 0.472 e. The second-order valence-corrected chi connectivity index (χ2v) is 6.49. The molecule has 0 saturated heterocycles. The van der Waals surface area contributed by atoms with Crippen LogP contribution in [0.3, 0.4) is 0 Å². The fourth-order valence-corrected chi connectivity index (χ4v) is 3.10. The molecule has 1 aromatic heterocycles. The highest BCUT2D eigenvalue weighted by atomic mass is 35.5. The minimum atomic E-state index is -0.253. The van der Waals surface area contributed by atoms with Crippen molar-refractivity contribution in [1.82, 2.24) is 9.97 Å². The lowest BCUT2D eigenvalue weighted by molar-refractivity contribution is 0.290. The molecule has 0 radical (unpaired) electrons. The number of aromatic nitrogens is 2. The third-order valence-electron chi connectivity index (χ3n) is 4.29. The van der Waals surface area contributed by atoms with Gasteiger partial charge in [-0.3, -0.25) is 0 Å². The fraction of sp³-hybridized carbons (Fsp3) is 0.200. The Morgan fingerprint density at radius 3 is 2.48 bits per heavy atom. The molecule has 5 heteroatoms. The van der Waals surface area contributed by atoms with Gasteiger partial charge in [-0.25, -0.2) is 9.37 Å². The van der Waals surface area contributed by atoms with Crippen molar-refractivity contribution in [3.05, 3.63) is 76.2 Å². The maximum absolute atomic E-state index is 13.0. The normalized spacial score (nSPS) is 12.9. The molecular formula is C20H16ClFN2O. The maximum Gasteiger partial charge on any atom is 0.220 e. The first-order valence-electron chi connectivity index (χ1n) is 8.22. The van der Waals surface area contributed by atoms with Gasteiger partial charge < -0.3 is 4.74 Å². The molecule has 0 saturated carbocycles. The van der Waals surface area contributed by atoms with Gasteiger partial charge in [0.05, 0.1) is 5.69 Å². The van der Waals surface area contributed by atoms with E-state index in [4.69, 9.17) is 21.3 Å². The van der Waals surface area contributed by atoms with E-state index in [9.17, 15) is 4.39 Å². The molecule has 3 aromatic rings. The van der Waals surface area contributed by atoms with Gasteiger partial charge in [0, 0.05) is 16.1 Å². The number of hydrogen-bond acceptors (Lipinski definition) is 3. The number of halogens is 2. The highest BCUT2D eigenvalue weighted by Gasteiger charge is 2.21. The number of rotatable bonds is 4. The standard InChI is InChI=1S/C20H16ClFN2O/c21-15-8-6-14(7-9-15)19-23-18-3-1-2-17(18)20(24-19)25-12-13-4-10-16(22)11-5-13/h4-11H,1-3,12H2. The Labute approximate surface area is 150 Å². The number of fused-ring (bicyclic) bond motifs is 1. The molecule has 4 rings (SSSR count). The van der Waals surface area contributed by atoms with Crippen LogP contribution in [-0.4, -0.2) is 9.97 Å². The van der Waals surface area contributed by atoms with Gasteiger partial charge in [-0.05, 0) is 61.2 Å². The van der Waals surface area contributed by atoms with Gasteiger partial charge in [-0.2, -0.15) is 4.98 Å².